The maximum absolute atomic E-state index is 13.0. The van der Waals surface area contributed by atoms with Gasteiger partial charge in [0.2, 0.25) is 11.8 Å². The van der Waals surface area contributed by atoms with Gasteiger partial charge in [-0.3, -0.25) is 4.79 Å². The molecule has 9 nitrogen and oxygen atoms in total. The second kappa shape index (κ2) is 8.43. The minimum atomic E-state index is -0.0138. The van der Waals surface area contributed by atoms with Crippen molar-refractivity contribution < 1.29 is 9.21 Å². The van der Waals surface area contributed by atoms with Crippen LogP contribution in [-0.2, 0) is 6.42 Å². The molecule has 4 heterocycles. The molecule has 1 fully saturated rings. The van der Waals surface area contributed by atoms with Crippen LogP contribution < -0.4 is 4.90 Å². The van der Waals surface area contributed by atoms with Gasteiger partial charge in [0.05, 0.1) is 17.6 Å². The number of benzene rings is 1. The number of nitrogens with zero attached hydrogens (tertiary/aromatic N) is 7. The summed E-state index contributed by atoms with van der Waals surface area (Å²) in [5, 5.41) is 17.3. The van der Waals surface area contributed by atoms with Crippen LogP contribution in [0.25, 0.3) is 22.4 Å². The lowest BCUT2D eigenvalue weighted by Gasteiger charge is -2.33. The van der Waals surface area contributed by atoms with Crippen LogP contribution in [0.2, 0.25) is 0 Å². The van der Waals surface area contributed by atoms with Gasteiger partial charge in [0.25, 0.3) is 0 Å². The van der Waals surface area contributed by atoms with Gasteiger partial charge in [-0.25, -0.2) is 4.98 Å². The minimum absolute atomic E-state index is 0.0138. The number of ketones is 1. The standard InChI is InChI=1S/C23H23N7O2/c1-15-25-28-23(32-15)17-3-4-20-18(11-17)12-19(26-27-20)14-21(31)16-5-6-24-22(13-16)30-9-7-29(2)8-10-30/h3-6,11-13H,7-10,14H2,1-2H3. The Labute approximate surface area is 185 Å². The number of likely N-dealkylation sites (N-methyl/N-ethyl adjacent to an activating group) is 1. The zero-order valence-corrected chi connectivity index (χ0v) is 18.0. The minimum Gasteiger partial charge on any atom is -0.421 e. The second-order valence-electron chi connectivity index (χ2n) is 8.03. The summed E-state index contributed by atoms with van der Waals surface area (Å²) in [6, 6.07) is 11.2. The molecule has 162 valence electrons. The summed E-state index contributed by atoms with van der Waals surface area (Å²) in [6.45, 7) is 5.52. The highest BCUT2D eigenvalue weighted by atomic mass is 16.4. The Morgan fingerprint density at radius 3 is 2.62 bits per heavy atom. The second-order valence-corrected chi connectivity index (χ2v) is 8.03. The van der Waals surface area contributed by atoms with Crippen molar-refractivity contribution in [3.05, 3.63) is 59.7 Å². The molecule has 1 aromatic carbocycles. The van der Waals surface area contributed by atoms with Gasteiger partial charge < -0.3 is 14.2 Å². The van der Waals surface area contributed by atoms with Gasteiger partial charge in [-0.05, 0) is 43.4 Å². The fourth-order valence-electron chi connectivity index (χ4n) is 3.79. The smallest absolute Gasteiger partial charge is 0.247 e. The number of aryl methyl sites for hydroxylation is 1. The van der Waals surface area contributed by atoms with Gasteiger partial charge in [-0.15, -0.1) is 10.2 Å². The SMILES string of the molecule is Cc1nnc(-c2ccc3nnc(CC(=O)c4ccnc(N5CCN(C)CC5)c4)cc3c2)o1. The molecule has 0 atom stereocenters. The molecule has 9 heteroatoms. The van der Waals surface area contributed by atoms with Crippen molar-refractivity contribution in [3.8, 4) is 11.5 Å². The predicted molar refractivity (Wildman–Crippen MR) is 120 cm³/mol. The molecule has 3 aromatic heterocycles. The number of anilines is 1. The average Bonchev–Trinajstić information content (AvgIpc) is 3.25. The molecule has 32 heavy (non-hydrogen) atoms. The van der Waals surface area contributed by atoms with Crippen LogP contribution in [0, 0.1) is 6.92 Å². The lowest BCUT2D eigenvalue weighted by molar-refractivity contribution is 0.0991. The van der Waals surface area contributed by atoms with E-state index in [0.717, 1.165) is 48.5 Å². The molecule has 1 saturated heterocycles. The van der Waals surface area contributed by atoms with Crippen LogP contribution in [0.4, 0.5) is 5.82 Å². The van der Waals surface area contributed by atoms with E-state index < -0.39 is 0 Å². The molecule has 1 aliphatic rings. The Bertz CT molecular complexity index is 1280. The van der Waals surface area contributed by atoms with Crippen LogP contribution in [0.15, 0.2) is 47.0 Å². The van der Waals surface area contributed by atoms with Gasteiger partial charge in [0, 0.05) is 55.8 Å². The molecule has 4 aromatic rings. The quantitative estimate of drug-likeness (QED) is 0.443. The summed E-state index contributed by atoms with van der Waals surface area (Å²) in [6.07, 6.45) is 1.87. The third-order valence-corrected chi connectivity index (χ3v) is 5.65. The highest BCUT2D eigenvalue weighted by Gasteiger charge is 2.17. The van der Waals surface area contributed by atoms with Gasteiger partial charge >= 0.3 is 0 Å². The van der Waals surface area contributed by atoms with Crippen LogP contribution in [0.3, 0.4) is 0 Å². The normalized spacial score (nSPS) is 14.8. The van der Waals surface area contributed by atoms with Crippen molar-refractivity contribution in [2.45, 2.75) is 13.3 Å². The van der Waals surface area contributed by atoms with E-state index in [2.05, 4.69) is 42.2 Å². The highest BCUT2D eigenvalue weighted by Crippen LogP contribution is 2.23. The third-order valence-electron chi connectivity index (χ3n) is 5.65. The number of aromatic nitrogens is 5. The van der Waals surface area contributed by atoms with Crippen LogP contribution >= 0.6 is 0 Å². The number of carbonyl (C=O) groups is 1. The van der Waals surface area contributed by atoms with Crippen molar-refractivity contribution >= 4 is 22.5 Å². The zero-order valence-electron chi connectivity index (χ0n) is 18.0. The Kier molecular flexibility index (Phi) is 5.32. The Morgan fingerprint density at radius 2 is 1.84 bits per heavy atom. The molecule has 0 bridgehead atoms. The van der Waals surface area contributed by atoms with E-state index >= 15 is 0 Å². The van der Waals surface area contributed by atoms with E-state index in [4.69, 9.17) is 4.42 Å². The summed E-state index contributed by atoms with van der Waals surface area (Å²) in [4.78, 5) is 21.9. The van der Waals surface area contributed by atoms with Crippen molar-refractivity contribution in [2.75, 3.05) is 38.1 Å². The van der Waals surface area contributed by atoms with E-state index in [0.29, 0.717) is 23.0 Å². The first kappa shape index (κ1) is 20.2. The number of carbonyl (C=O) groups excluding carboxylic acids is 1. The lowest BCUT2D eigenvalue weighted by Crippen LogP contribution is -2.44. The predicted octanol–water partition coefficient (Wildman–Crippen LogP) is 2.56. The van der Waals surface area contributed by atoms with Gasteiger partial charge in [0.1, 0.15) is 5.82 Å². The van der Waals surface area contributed by atoms with Crippen molar-refractivity contribution in [1.29, 1.82) is 0 Å². The lowest BCUT2D eigenvalue weighted by atomic mass is 10.1. The van der Waals surface area contributed by atoms with E-state index in [-0.39, 0.29) is 12.2 Å². The molecular formula is C23H23N7O2. The highest BCUT2D eigenvalue weighted by molar-refractivity contribution is 5.98. The Morgan fingerprint density at radius 1 is 1.00 bits per heavy atom. The van der Waals surface area contributed by atoms with Crippen LogP contribution in [0.5, 0.6) is 0 Å². The van der Waals surface area contributed by atoms with Crippen LogP contribution in [-0.4, -0.2) is 69.3 Å². The van der Waals surface area contributed by atoms with Crippen LogP contribution in [0.1, 0.15) is 21.9 Å². The van der Waals surface area contributed by atoms with Gasteiger partial charge in [-0.1, -0.05) is 0 Å². The van der Waals surface area contributed by atoms with Crippen molar-refractivity contribution in [3.63, 3.8) is 0 Å². The van der Waals surface area contributed by atoms with E-state index in [1.165, 1.54) is 0 Å². The van der Waals surface area contributed by atoms with E-state index in [1.54, 1.807) is 19.2 Å². The number of piperazine rings is 1. The Balaban J connectivity index is 1.36. The van der Waals surface area contributed by atoms with Crippen molar-refractivity contribution in [2.24, 2.45) is 0 Å². The number of fused-ring (bicyclic) bond motifs is 1. The first-order chi connectivity index (χ1) is 15.5. The largest absolute Gasteiger partial charge is 0.421 e. The monoisotopic (exact) mass is 429 g/mol. The average molecular weight is 429 g/mol. The van der Waals surface area contributed by atoms with Crippen molar-refractivity contribution in [1.82, 2.24) is 30.3 Å². The third kappa shape index (κ3) is 4.19. The molecule has 0 radical (unpaired) electrons. The maximum Gasteiger partial charge on any atom is 0.247 e. The molecule has 0 unspecified atom stereocenters. The van der Waals surface area contributed by atoms with Gasteiger partial charge in [-0.2, -0.15) is 10.2 Å². The molecule has 5 rings (SSSR count). The summed E-state index contributed by atoms with van der Waals surface area (Å²) in [5.74, 6) is 1.78. The summed E-state index contributed by atoms with van der Waals surface area (Å²) in [5.41, 5.74) is 2.78. The molecule has 0 N–H and O–H groups in total. The van der Waals surface area contributed by atoms with Gasteiger partial charge in [0.15, 0.2) is 5.78 Å². The first-order valence-electron chi connectivity index (χ1n) is 10.5. The Hall–Kier alpha value is -3.72. The topological polar surface area (TPSA) is 101 Å². The molecule has 0 saturated carbocycles. The molecule has 1 aliphatic heterocycles. The number of rotatable bonds is 5. The fraction of sp³-hybridized carbons (Fsp3) is 0.304. The number of pyridine rings is 1. The zero-order chi connectivity index (χ0) is 22.1. The fourth-order valence-corrected chi connectivity index (χ4v) is 3.79. The summed E-state index contributed by atoms with van der Waals surface area (Å²) < 4.78 is 5.51. The number of hydrogen-bond acceptors (Lipinski definition) is 9. The maximum atomic E-state index is 13.0. The summed E-state index contributed by atoms with van der Waals surface area (Å²) >= 11 is 0. The molecule has 0 aliphatic carbocycles. The van der Waals surface area contributed by atoms with E-state index in [1.807, 2.05) is 30.3 Å². The number of Topliss-reactive ketones (excluding diaryl/α,β-unsaturated/α-hetero) is 1. The van der Waals surface area contributed by atoms with E-state index in [9.17, 15) is 4.79 Å². The summed E-state index contributed by atoms with van der Waals surface area (Å²) in [7, 11) is 2.11. The molecule has 0 amide bonds. The molecule has 0 spiro atoms. The number of hydrogen-bond donors (Lipinski definition) is 0. The first-order valence-corrected chi connectivity index (χ1v) is 10.5. The molecular weight excluding hydrogens is 406 g/mol.